The SMILES string of the molecule is COC(=O)CC(NC(=O)c1nnn(-c2ccc(F)cc2)c1C)c1ccccc1Cl. The Balaban J connectivity index is 1.87. The molecule has 0 aliphatic carbocycles. The minimum Gasteiger partial charge on any atom is -0.469 e. The Morgan fingerprint density at radius 1 is 1.21 bits per heavy atom. The molecule has 7 nitrogen and oxygen atoms in total. The van der Waals surface area contributed by atoms with E-state index >= 15 is 0 Å². The molecule has 29 heavy (non-hydrogen) atoms. The molecule has 1 amide bonds. The number of hydrogen-bond donors (Lipinski definition) is 1. The number of esters is 1. The fourth-order valence-electron chi connectivity index (χ4n) is 2.84. The molecule has 0 aliphatic rings. The maximum atomic E-state index is 13.1. The van der Waals surface area contributed by atoms with Crippen LogP contribution in [0.2, 0.25) is 5.02 Å². The molecule has 2 aromatic carbocycles. The normalized spacial score (nSPS) is 11.7. The second kappa shape index (κ2) is 8.83. The number of methoxy groups -OCH3 is 1. The van der Waals surface area contributed by atoms with Crippen LogP contribution in [0.3, 0.4) is 0 Å². The number of hydrogen-bond acceptors (Lipinski definition) is 5. The van der Waals surface area contributed by atoms with Crippen LogP contribution >= 0.6 is 11.6 Å². The smallest absolute Gasteiger partial charge is 0.307 e. The molecule has 9 heteroatoms. The molecule has 150 valence electrons. The zero-order chi connectivity index (χ0) is 21.0. The van der Waals surface area contributed by atoms with Gasteiger partial charge in [0, 0.05) is 5.02 Å². The molecular formula is C20H18ClFN4O3. The summed E-state index contributed by atoms with van der Waals surface area (Å²) in [5, 5.41) is 11.1. The van der Waals surface area contributed by atoms with E-state index in [1.54, 1.807) is 31.2 Å². The maximum absolute atomic E-state index is 13.1. The minimum absolute atomic E-state index is 0.0799. The Bertz CT molecular complexity index is 1040. The van der Waals surface area contributed by atoms with Crippen LogP contribution in [0.25, 0.3) is 5.69 Å². The monoisotopic (exact) mass is 416 g/mol. The van der Waals surface area contributed by atoms with Crippen molar-refractivity contribution in [2.45, 2.75) is 19.4 Å². The van der Waals surface area contributed by atoms with E-state index in [2.05, 4.69) is 15.6 Å². The zero-order valence-electron chi connectivity index (χ0n) is 15.7. The zero-order valence-corrected chi connectivity index (χ0v) is 16.5. The van der Waals surface area contributed by atoms with Crippen LogP contribution in [0.4, 0.5) is 4.39 Å². The van der Waals surface area contributed by atoms with Crippen molar-refractivity contribution in [2.24, 2.45) is 0 Å². The van der Waals surface area contributed by atoms with Gasteiger partial charge in [-0.25, -0.2) is 9.07 Å². The van der Waals surface area contributed by atoms with Gasteiger partial charge in [-0.2, -0.15) is 0 Å². The number of aromatic nitrogens is 3. The van der Waals surface area contributed by atoms with Crippen LogP contribution in [0.1, 0.15) is 34.2 Å². The number of halogens is 2. The lowest BCUT2D eigenvalue weighted by Gasteiger charge is -2.19. The largest absolute Gasteiger partial charge is 0.469 e. The highest BCUT2D eigenvalue weighted by Gasteiger charge is 2.25. The van der Waals surface area contributed by atoms with Gasteiger partial charge >= 0.3 is 5.97 Å². The summed E-state index contributed by atoms with van der Waals surface area (Å²) in [6.07, 6.45) is -0.100. The average molecular weight is 417 g/mol. The van der Waals surface area contributed by atoms with Gasteiger partial charge in [0.25, 0.3) is 5.91 Å². The van der Waals surface area contributed by atoms with Crippen molar-refractivity contribution in [3.8, 4) is 5.69 Å². The molecule has 1 unspecified atom stereocenters. The van der Waals surface area contributed by atoms with Crippen molar-refractivity contribution in [3.63, 3.8) is 0 Å². The standard InChI is InChI=1S/C20H18ClFN4O3/c1-12-19(24-25-26(12)14-9-7-13(22)8-10-14)20(28)23-17(11-18(27)29-2)15-5-3-4-6-16(15)21/h3-10,17H,11H2,1-2H3,(H,23,28). The summed E-state index contributed by atoms with van der Waals surface area (Å²) in [5.41, 5.74) is 1.69. The molecule has 0 saturated carbocycles. The summed E-state index contributed by atoms with van der Waals surface area (Å²) >= 11 is 6.24. The third kappa shape index (κ3) is 4.60. The molecule has 1 N–H and O–H groups in total. The van der Waals surface area contributed by atoms with Crippen molar-refractivity contribution in [3.05, 3.63) is 76.3 Å². The van der Waals surface area contributed by atoms with Crippen LogP contribution < -0.4 is 5.32 Å². The summed E-state index contributed by atoms with van der Waals surface area (Å²) < 4.78 is 19.3. The molecule has 3 aromatic rings. The van der Waals surface area contributed by atoms with Gasteiger partial charge in [0.1, 0.15) is 5.82 Å². The number of nitrogens with one attached hydrogen (secondary N) is 1. The van der Waals surface area contributed by atoms with E-state index in [4.69, 9.17) is 16.3 Å². The maximum Gasteiger partial charge on any atom is 0.307 e. The highest BCUT2D eigenvalue weighted by Crippen LogP contribution is 2.26. The topological polar surface area (TPSA) is 86.1 Å². The number of rotatable bonds is 6. The molecule has 1 aromatic heterocycles. The molecular weight excluding hydrogens is 399 g/mol. The number of carbonyl (C=O) groups is 2. The molecule has 0 spiro atoms. The van der Waals surface area contributed by atoms with Crippen LogP contribution in [-0.2, 0) is 9.53 Å². The van der Waals surface area contributed by atoms with Crippen molar-refractivity contribution >= 4 is 23.5 Å². The fourth-order valence-corrected chi connectivity index (χ4v) is 3.11. The lowest BCUT2D eigenvalue weighted by atomic mass is 10.0. The Morgan fingerprint density at radius 3 is 2.55 bits per heavy atom. The van der Waals surface area contributed by atoms with Gasteiger partial charge in [0.2, 0.25) is 0 Å². The average Bonchev–Trinajstić information content (AvgIpc) is 3.09. The summed E-state index contributed by atoms with van der Waals surface area (Å²) in [6, 6.07) is 11.8. The second-order valence-corrected chi connectivity index (χ2v) is 6.65. The fraction of sp³-hybridized carbons (Fsp3) is 0.200. The van der Waals surface area contributed by atoms with Crippen molar-refractivity contribution < 1.29 is 18.7 Å². The molecule has 1 heterocycles. The van der Waals surface area contributed by atoms with Gasteiger partial charge in [-0.3, -0.25) is 9.59 Å². The minimum atomic E-state index is -0.709. The van der Waals surface area contributed by atoms with E-state index in [0.717, 1.165) is 0 Å². The van der Waals surface area contributed by atoms with Gasteiger partial charge in [-0.1, -0.05) is 35.0 Å². The highest BCUT2D eigenvalue weighted by atomic mass is 35.5. The lowest BCUT2D eigenvalue weighted by molar-refractivity contribution is -0.141. The lowest BCUT2D eigenvalue weighted by Crippen LogP contribution is -2.31. The first-order valence-corrected chi connectivity index (χ1v) is 9.09. The second-order valence-electron chi connectivity index (χ2n) is 6.24. The molecule has 0 bridgehead atoms. The van der Waals surface area contributed by atoms with E-state index in [1.807, 2.05) is 0 Å². The Kier molecular flexibility index (Phi) is 6.23. The number of amides is 1. The number of ether oxygens (including phenoxy) is 1. The van der Waals surface area contributed by atoms with E-state index in [-0.39, 0.29) is 17.9 Å². The van der Waals surface area contributed by atoms with Gasteiger partial charge in [-0.05, 0) is 42.8 Å². The highest BCUT2D eigenvalue weighted by molar-refractivity contribution is 6.31. The third-order valence-electron chi connectivity index (χ3n) is 4.37. The molecule has 3 rings (SSSR count). The van der Waals surface area contributed by atoms with E-state index in [9.17, 15) is 14.0 Å². The van der Waals surface area contributed by atoms with Crippen molar-refractivity contribution in [1.29, 1.82) is 0 Å². The van der Waals surface area contributed by atoms with Crippen molar-refractivity contribution in [1.82, 2.24) is 20.3 Å². The number of nitrogens with zero attached hydrogens (tertiary/aromatic N) is 3. The van der Waals surface area contributed by atoms with E-state index in [0.29, 0.717) is 22.0 Å². The van der Waals surface area contributed by atoms with Gasteiger partial charge in [0.15, 0.2) is 5.69 Å². The summed E-state index contributed by atoms with van der Waals surface area (Å²) in [4.78, 5) is 24.7. The summed E-state index contributed by atoms with van der Waals surface area (Å²) in [5.74, 6) is -1.40. The first-order valence-electron chi connectivity index (χ1n) is 8.71. The Hall–Kier alpha value is -3.26. The first kappa shape index (κ1) is 20.5. The van der Waals surface area contributed by atoms with Crippen LogP contribution in [-0.4, -0.2) is 34.0 Å². The predicted octanol–water partition coefficient (Wildman–Crippen LogP) is 3.40. The molecule has 0 fully saturated rings. The molecule has 1 atom stereocenters. The van der Waals surface area contributed by atoms with Crippen molar-refractivity contribution in [2.75, 3.05) is 7.11 Å². The third-order valence-corrected chi connectivity index (χ3v) is 4.71. The molecule has 0 radical (unpaired) electrons. The first-order chi connectivity index (χ1) is 13.9. The quantitative estimate of drug-likeness (QED) is 0.622. The van der Waals surface area contributed by atoms with Crippen LogP contribution in [0.15, 0.2) is 48.5 Å². The van der Waals surface area contributed by atoms with Crippen LogP contribution in [0, 0.1) is 12.7 Å². The summed E-state index contributed by atoms with van der Waals surface area (Å²) in [6.45, 7) is 1.67. The predicted molar refractivity (Wildman–Crippen MR) is 104 cm³/mol. The summed E-state index contributed by atoms with van der Waals surface area (Å²) in [7, 11) is 1.27. The molecule has 0 saturated heterocycles. The van der Waals surface area contributed by atoms with E-state index in [1.165, 1.54) is 36.1 Å². The number of benzene rings is 2. The van der Waals surface area contributed by atoms with Gasteiger partial charge in [-0.15, -0.1) is 5.10 Å². The molecule has 0 aliphatic heterocycles. The Labute approximate surface area is 171 Å². The van der Waals surface area contributed by atoms with E-state index < -0.39 is 17.9 Å². The van der Waals surface area contributed by atoms with Gasteiger partial charge < -0.3 is 10.1 Å². The van der Waals surface area contributed by atoms with Gasteiger partial charge in [0.05, 0.1) is 31.0 Å². The Morgan fingerprint density at radius 2 is 1.90 bits per heavy atom. The van der Waals surface area contributed by atoms with Crippen LogP contribution in [0.5, 0.6) is 0 Å². The number of carbonyl (C=O) groups excluding carboxylic acids is 2.